The van der Waals surface area contributed by atoms with Crippen molar-refractivity contribution in [1.29, 1.82) is 0 Å². The lowest BCUT2D eigenvalue weighted by molar-refractivity contribution is 0.0905. The largest absolute Gasteiger partial charge is 0.385 e. The molecule has 4 heteroatoms. The van der Waals surface area contributed by atoms with E-state index in [0.29, 0.717) is 6.61 Å². The maximum Gasteiger partial charge on any atom is 0.168 e. The average Bonchev–Trinajstić information content (AvgIpc) is 2.66. The van der Waals surface area contributed by atoms with E-state index in [9.17, 15) is 4.79 Å². The smallest absolute Gasteiger partial charge is 0.168 e. The Morgan fingerprint density at radius 1 is 1.59 bits per heavy atom. The normalized spacial score (nSPS) is 20.4. The number of halogens is 1. The van der Waals surface area contributed by atoms with Gasteiger partial charge in [-0.2, -0.15) is 0 Å². The van der Waals surface area contributed by atoms with Crippen LogP contribution in [0.4, 0.5) is 0 Å². The number of hydrogen-bond acceptors (Lipinski definition) is 3. The molecule has 2 rings (SSSR count). The van der Waals surface area contributed by atoms with Gasteiger partial charge in [0.15, 0.2) is 5.78 Å². The highest BCUT2D eigenvalue weighted by Gasteiger charge is 2.35. The van der Waals surface area contributed by atoms with E-state index in [1.165, 1.54) is 0 Å². The zero-order valence-corrected chi connectivity index (χ0v) is 11.4. The first-order valence-electron chi connectivity index (χ1n) is 5.71. The molecule has 1 aliphatic rings. The van der Waals surface area contributed by atoms with Crippen LogP contribution in [0.2, 0.25) is 0 Å². The van der Waals surface area contributed by atoms with Crippen LogP contribution in [0.5, 0.6) is 0 Å². The third kappa shape index (κ3) is 2.44. The highest BCUT2D eigenvalue weighted by molar-refractivity contribution is 9.10. The molecular formula is C13H16BrNO2. The van der Waals surface area contributed by atoms with E-state index in [0.717, 1.165) is 28.4 Å². The van der Waals surface area contributed by atoms with E-state index < -0.39 is 0 Å². The topological polar surface area (TPSA) is 52.3 Å². The third-order valence-electron chi connectivity index (χ3n) is 3.32. The van der Waals surface area contributed by atoms with Crippen molar-refractivity contribution in [3.63, 3.8) is 0 Å². The number of nitrogens with two attached hydrogens (primary N) is 1. The van der Waals surface area contributed by atoms with Gasteiger partial charge in [-0.05, 0) is 24.5 Å². The minimum Gasteiger partial charge on any atom is -0.385 e. The summed E-state index contributed by atoms with van der Waals surface area (Å²) in [4.78, 5) is 12.2. The average molecular weight is 298 g/mol. The number of ketones is 1. The van der Waals surface area contributed by atoms with Crippen LogP contribution in [0, 0.1) is 5.92 Å². The SMILES string of the molecule is COCCC(N)C1Cc2c(Br)cccc2C1=O. The maximum absolute atomic E-state index is 12.2. The Balaban J connectivity index is 2.17. The summed E-state index contributed by atoms with van der Waals surface area (Å²) in [6, 6.07) is 5.62. The fourth-order valence-corrected chi connectivity index (χ4v) is 2.84. The van der Waals surface area contributed by atoms with Gasteiger partial charge in [0, 0.05) is 35.7 Å². The van der Waals surface area contributed by atoms with E-state index in [-0.39, 0.29) is 17.7 Å². The molecule has 0 aliphatic heterocycles. The molecule has 0 spiro atoms. The van der Waals surface area contributed by atoms with Crippen molar-refractivity contribution in [3.05, 3.63) is 33.8 Å². The minimum atomic E-state index is -0.123. The number of benzene rings is 1. The van der Waals surface area contributed by atoms with Gasteiger partial charge in [-0.25, -0.2) is 0 Å². The monoisotopic (exact) mass is 297 g/mol. The Bertz CT molecular complexity index is 433. The standard InChI is InChI=1S/C13H16BrNO2/c1-17-6-5-12(15)10-7-9-8(13(10)16)3-2-4-11(9)14/h2-4,10,12H,5-7,15H2,1H3. The van der Waals surface area contributed by atoms with Gasteiger partial charge in [-0.3, -0.25) is 4.79 Å². The fourth-order valence-electron chi connectivity index (χ4n) is 2.31. The van der Waals surface area contributed by atoms with Crippen LogP contribution in [0.25, 0.3) is 0 Å². The number of hydrogen-bond donors (Lipinski definition) is 1. The summed E-state index contributed by atoms with van der Waals surface area (Å²) in [6.45, 7) is 0.600. The van der Waals surface area contributed by atoms with Gasteiger partial charge in [0.25, 0.3) is 0 Å². The molecular weight excluding hydrogens is 282 g/mol. The van der Waals surface area contributed by atoms with Crippen molar-refractivity contribution < 1.29 is 9.53 Å². The summed E-state index contributed by atoms with van der Waals surface area (Å²) >= 11 is 3.49. The number of Topliss-reactive ketones (excluding diaryl/α,β-unsaturated/α-hetero) is 1. The van der Waals surface area contributed by atoms with Crippen LogP contribution in [-0.4, -0.2) is 25.5 Å². The van der Waals surface area contributed by atoms with Crippen molar-refractivity contribution in [2.75, 3.05) is 13.7 Å². The minimum absolute atomic E-state index is 0.0983. The van der Waals surface area contributed by atoms with Crippen LogP contribution in [-0.2, 0) is 11.2 Å². The lowest BCUT2D eigenvalue weighted by Gasteiger charge is -2.16. The fraction of sp³-hybridized carbons (Fsp3) is 0.462. The number of methoxy groups -OCH3 is 1. The zero-order chi connectivity index (χ0) is 12.4. The molecule has 0 amide bonds. The Morgan fingerprint density at radius 3 is 3.00 bits per heavy atom. The van der Waals surface area contributed by atoms with Gasteiger partial charge in [-0.15, -0.1) is 0 Å². The second-order valence-corrected chi connectivity index (χ2v) is 5.24. The number of rotatable bonds is 4. The predicted octanol–water partition coefficient (Wildman–Crippen LogP) is 2.17. The second-order valence-electron chi connectivity index (χ2n) is 4.39. The van der Waals surface area contributed by atoms with Crippen LogP contribution in [0.3, 0.4) is 0 Å². The molecule has 1 aromatic rings. The maximum atomic E-state index is 12.2. The van der Waals surface area contributed by atoms with Gasteiger partial charge >= 0.3 is 0 Å². The van der Waals surface area contributed by atoms with E-state index >= 15 is 0 Å². The van der Waals surface area contributed by atoms with Crippen LogP contribution >= 0.6 is 15.9 Å². The van der Waals surface area contributed by atoms with Gasteiger partial charge in [0.2, 0.25) is 0 Å². The Kier molecular flexibility index (Phi) is 3.97. The van der Waals surface area contributed by atoms with Gasteiger partial charge < -0.3 is 10.5 Å². The summed E-state index contributed by atoms with van der Waals surface area (Å²) in [5.41, 5.74) is 7.98. The van der Waals surface area contributed by atoms with E-state index in [4.69, 9.17) is 10.5 Å². The zero-order valence-electron chi connectivity index (χ0n) is 9.78. The highest BCUT2D eigenvalue weighted by Crippen LogP contribution is 2.33. The van der Waals surface area contributed by atoms with Crippen molar-refractivity contribution in [1.82, 2.24) is 0 Å². The van der Waals surface area contributed by atoms with E-state index in [1.54, 1.807) is 7.11 Å². The van der Waals surface area contributed by atoms with E-state index in [1.807, 2.05) is 18.2 Å². The van der Waals surface area contributed by atoms with Crippen LogP contribution < -0.4 is 5.73 Å². The molecule has 1 aromatic carbocycles. The van der Waals surface area contributed by atoms with Gasteiger partial charge in [0.1, 0.15) is 0 Å². The van der Waals surface area contributed by atoms with Crippen LogP contribution in [0.1, 0.15) is 22.3 Å². The first-order chi connectivity index (χ1) is 8.15. The third-order valence-corrected chi connectivity index (χ3v) is 4.06. The molecule has 2 atom stereocenters. The first-order valence-corrected chi connectivity index (χ1v) is 6.50. The summed E-state index contributed by atoms with van der Waals surface area (Å²) in [5.74, 6) is 0.0729. The second kappa shape index (κ2) is 5.29. The molecule has 2 unspecified atom stereocenters. The Hall–Kier alpha value is -0.710. The summed E-state index contributed by atoms with van der Waals surface area (Å²) in [7, 11) is 1.65. The molecule has 1 aliphatic carbocycles. The lowest BCUT2D eigenvalue weighted by atomic mass is 9.94. The van der Waals surface area contributed by atoms with Crippen molar-refractivity contribution in [2.24, 2.45) is 11.7 Å². The van der Waals surface area contributed by atoms with Gasteiger partial charge in [0.05, 0.1) is 0 Å². The van der Waals surface area contributed by atoms with Gasteiger partial charge in [-0.1, -0.05) is 28.1 Å². The molecule has 92 valence electrons. The predicted molar refractivity (Wildman–Crippen MR) is 70.1 cm³/mol. The summed E-state index contributed by atoms with van der Waals surface area (Å²) in [5, 5.41) is 0. The number of carbonyl (C=O) groups excluding carboxylic acids is 1. The number of ether oxygens (including phenoxy) is 1. The summed E-state index contributed by atoms with van der Waals surface area (Å²) in [6.07, 6.45) is 1.46. The number of carbonyl (C=O) groups is 1. The number of fused-ring (bicyclic) bond motifs is 1. The molecule has 0 saturated heterocycles. The highest BCUT2D eigenvalue weighted by atomic mass is 79.9. The molecule has 17 heavy (non-hydrogen) atoms. The van der Waals surface area contributed by atoms with E-state index in [2.05, 4.69) is 15.9 Å². The van der Waals surface area contributed by atoms with Crippen LogP contribution in [0.15, 0.2) is 22.7 Å². The molecule has 0 radical (unpaired) electrons. The lowest BCUT2D eigenvalue weighted by Crippen LogP contribution is -2.34. The molecule has 2 N–H and O–H groups in total. The quantitative estimate of drug-likeness (QED) is 0.927. The Morgan fingerprint density at radius 2 is 2.35 bits per heavy atom. The first kappa shape index (κ1) is 12.7. The van der Waals surface area contributed by atoms with Crippen molar-refractivity contribution >= 4 is 21.7 Å². The van der Waals surface area contributed by atoms with Crippen molar-refractivity contribution in [3.8, 4) is 0 Å². The molecule has 0 aromatic heterocycles. The van der Waals surface area contributed by atoms with Crippen molar-refractivity contribution in [2.45, 2.75) is 18.9 Å². The molecule has 3 nitrogen and oxygen atoms in total. The molecule has 0 fully saturated rings. The molecule has 0 heterocycles. The molecule has 0 saturated carbocycles. The molecule has 0 bridgehead atoms. The Labute approximate surface area is 109 Å². The summed E-state index contributed by atoms with van der Waals surface area (Å²) < 4.78 is 6.01.